The van der Waals surface area contributed by atoms with Gasteiger partial charge in [0.1, 0.15) is 35.0 Å². The lowest BCUT2D eigenvalue weighted by molar-refractivity contribution is -0.139. The molecule has 16 nitrogen and oxygen atoms in total. The molecule has 4 amide bonds. The van der Waals surface area contributed by atoms with Crippen LogP contribution in [-0.2, 0) is 23.9 Å². The molecule has 10 rings (SSSR count). The Kier molecular flexibility index (Phi) is 17.2. The summed E-state index contributed by atoms with van der Waals surface area (Å²) < 4.78 is 12.5. The molecule has 0 bridgehead atoms. The number of nitrogens with zero attached hydrogens (tertiary/aromatic N) is 6. The highest BCUT2D eigenvalue weighted by atomic mass is 35.5. The number of aromatic nitrogens is 3. The van der Waals surface area contributed by atoms with Gasteiger partial charge < -0.3 is 44.7 Å². The molecule has 6 fully saturated rings. The van der Waals surface area contributed by atoms with E-state index in [0.29, 0.717) is 75.5 Å². The Labute approximate surface area is 459 Å². The zero-order valence-electron chi connectivity index (χ0n) is 45.5. The Balaban J connectivity index is 0.699. The third kappa shape index (κ3) is 13.6. The predicted octanol–water partition coefficient (Wildman–Crippen LogP) is 9.18. The number of halogens is 1. The van der Waals surface area contributed by atoms with Gasteiger partial charge in [-0.1, -0.05) is 55.1 Å². The smallest absolute Gasteiger partial charge is 0.408 e. The number of fused-ring (bicyclic) bond motifs is 1. The Bertz CT molecular complexity index is 2690. The summed E-state index contributed by atoms with van der Waals surface area (Å²) >= 11 is 6.37. The molecule has 0 spiro atoms. The van der Waals surface area contributed by atoms with Crippen LogP contribution in [0.4, 0.5) is 10.6 Å². The number of piperidine rings is 3. The van der Waals surface area contributed by atoms with Crippen molar-refractivity contribution in [3.05, 3.63) is 88.8 Å². The fraction of sp³-hybridized carbons (Fsp3) is 0.617. The number of aromatic amines is 1. The molecule has 6 aliphatic rings. The highest BCUT2D eigenvalue weighted by Crippen LogP contribution is 2.38. The van der Waals surface area contributed by atoms with E-state index in [1.54, 1.807) is 6.33 Å². The van der Waals surface area contributed by atoms with Crippen molar-refractivity contribution < 1.29 is 33.4 Å². The molecule has 17 heteroatoms. The summed E-state index contributed by atoms with van der Waals surface area (Å²) in [6.45, 7) is 11.9. The largest absolute Gasteiger partial charge is 0.444 e. The van der Waals surface area contributed by atoms with Crippen molar-refractivity contribution in [2.75, 3.05) is 63.8 Å². The van der Waals surface area contributed by atoms with Gasteiger partial charge in [-0.05, 0) is 158 Å². The van der Waals surface area contributed by atoms with Crippen LogP contribution < -0.4 is 15.5 Å². The Morgan fingerprint density at radius 2 is 1.51 bits per heavy atom. The monoisotopic (exact) mass is 1070 g/mol. The van der Waals surface area contributed by atoms with Gasteiger partial charge in [0, 0.05) is 87.4 Å². The number of alkyl carbamates (subject to hydrolysis) is 1. The van der Waals surface area contributed by atoms with Crippen molar-refractivity contribution in [2.24, 2.45) is 11.8 Å². The predicted molar refractivity (Wildman–Crippen MR) is 297 cm³/mol. The molecular weight excluding hydrogens is 994 g/mol. The topological polar surface area (TPSA) is 182 Å². The second-order valence-corrected chi connectivity index (χ2v) is 24.5. The number of likely N-dealkylation sites (tertiary alicyclic amines) is 3. The molecule has 3 N–H and O–H groups in total. The van der Waals surface area contributed by atoms with Crippen molar-refractivity contribution in [3.63, 3.8) is 0 Å². The third-order valence-electron chi connectivity index (χ3n) is 17.5. The van der Waals surface area contributed by atoms with Gasteiger partial charge in [0.05, 0.1) is 17.6 Å². The number of carbonyl (C=O) groups excluding carboxylic acids is 5. The number of hydrogen-bond donors (Lipinski definition) is 3. The normalized spacial score (nSPS) is 21.1. The van der Waals surface area contributed by atoms with Gasteiger partial charge in [-0.15, -0.1) is 0 Å². The van der Waals surface area contributed by atoms with E-state index < -0.39 is 23.3 Å². The SMILES string of the molecule is CC(C)(C)OC(=O)NC1(C(=O)CC[C@@H](CCN2CCC(OC3CCN(C(=O)[C@H](NC(=O)c4cccc(C5CN(C(=O)C6CC6)C5)c4)C4CCCCC4)CC3)CC2)c2ccc(Cl)cc2)CCN(c2ncnc3[nH]ccc23)CC1. The maximum Gasteiger partial charge on any atom is 0.408 e. The van der Waals surface area contributed by atoms with Crippen LogP contribution in [0.3, 0.4) is 0 Å². The van der Waals surface area contributed by atoms with Crippen LogP contribution in [0.1, 0.15) is 157 Å². The number of hydrogen-bond acceptors (Lipinski definition) is 11. The van der Waals surface area contributed by atoms with Crippen molar-refractivity contribution in [1.82, 2.24) is 40.3 Å². The van der Waals surface area contributed by atoms with Crippen molar-refractivity contribution in [2.45, 2.75) is 165 Å². The summed E-state index contributed by atoms with van der Waals surface area (Å²) in [5.74, 6) is 1.58. The lowest BCUT2D eigenvalue weighted by atomic mass is 9.79. The van der Waals surface area contributed by atoms with E-state index in [2.05, 4.69) is 47.5 Å². The first kappa shape index (κ1) is 54.8. The summed E-state index contributed by atoms with van der Waals surface area (Å²) in [5.41, 5.74) is 1.74. The van der Waals surface area contributed by atoms with E-state index in [1.807, 2.05) is 79.2 Å². The van der Waals surface area contributed by atoms with Gasteiger partial charge in [-0.2, -0.15) is 0 Å². The molecule has 77 heavy (non-hydrogen) atoms. The molecule has 4 saturated heterocycles. The van der Waals surface area contributed by atoms with E-state index in [-0.39, 0.29) is 59.4 Å². The number of Topliss-reactive ketones (excluding diaryl/α,β-unsaturated/α-hetero) is 1. The number of anilines is 1. The number of ketones is 1. The molecule has 2 atom stereocenters. The minimum Gasteiger partial charge on any atom is -0.444 e. The number of benzene rings is 2. The van der Waals surface area contributed by atoms with E-state index in [4.69, 9.17) is 21.1 Å². The molecule has 4 aromatic rings. The van der Waals surface area contributed by atoms with E-state index >= 15 is 0 Å². The van der Waals surface area contributed by atoms with Gasteiger partial charge in [0.2, 0.25) is 11.8 Å². The summed E-state index contributed by atoms with van der Waals surface area (Å²) in [4.78, 5) is 89.6. The Morgan fingerprint density at radius 3 is 2.19 bits per heavy atom. The maximum atomic E-state index is 14.6. The van der Waals surface area contributed by atoms with Crippen LogP contribution in [0.15, 0.2) is 67.1 Å². The molecule has 6 heterocycles. The first-order chi connectivity index (χ1) is 37.2. The minimum atomic E-state index is -1.08. The van der Waals surface area contributed by atoms with Crippen molar-refractivity contribution >= 4 is 58.1 Å². The van der Waals surface area contributed by atoms with Crippen LogP contribution in [0.25, 0.3) is 11.0 Å². The number of ether oxygens (including phenoxy) is 2. The van der Waals surface area contributed by atoms with E-state index in [0.717, 1.165) is 125 Å². The van der Waals surface area contributed by atoms with Crippen LogP contribution in [0, 0.1) is 11.8 Å². The molecule has 0 radical (unpaired) electrons. The average molecular weight is 1070 g/mol. The highest BCUT2D eigenvalue weighted by Gasteiger charge is 2.45. The summed E-state index contributed by atoms with van der Waals surface area (Å²) in [7, 11) is 0. The fourth-order valence-electron chi connectivity index (χ4n) is 12.7. The highest BCUT2D eigenvalue weighted by molar-refractivity contribution is 6.30. The second kappa shape index (κ2) is 24.2. The van der Waals surface area contributed by atoms with Gasteiger partial charge >= 0.3 is 6.09 Å². The average Bonchev–Trinajstić information content (AvgIpc) is 4.16. The molecule has 0 unspecified atom stereocenters. The quantitative estimate of drug-likeness (QED) is 0.0864. The lowest BCUT2D eigenvalue weighted by Gasteiger charge is -2.42. The Morgan fingerprint density at radius 1 is 0.805 bits per heavy atom. The molecule has 4 aliphatic heterocycles. The lowest BCUT2D eigenvalue weighted by Crippen LogP contribution is -2.60. The molecule has 2 aromatic heterocycles. The molecule has 2 aromatic carbocycles. The van der Waals surface area contributed by atoms with Crippen molar-refractivity contribution in [1.29, 1.82) is 0 Å². The van der Waals surface area contributed by atoms with Gasteiger partial charge in [-0.3, -0.25) is 19.2 Å². The summed E-state index contributed by atoms with van der Waals surface area (Å²) in [6, 6.07) is 17.2. The van der Waals surface area contributed by atoms with Gasteiger partial charge in [0.15, 0.2) is 5.78 Å². The first-order valence-corrected chi connectivity index (χ1v) is 29.2. The van der Waals surface area contributed by atoms with Gasteiger partial charge in [-0.25, -0.2) is 14.8 Å². The zero-order valence-corrected chi connectivity index (χ0v) is 46.2. The van der Waals surface area contributed by atoms with Gasteiger partial charge in [0.25, 0.3) is 5.91 Å². The molecule has 2 saturated carbocycles. The third-order valence-corrected chi connectivity index (χ3v) is 17.7. The van der Waals surface area contributed by atoms with Crippen LogP contribution in [0.5, 0.6) is 0 Å². The first-order valence-electron chi connectivity index (χ1n) is 28.9. The number of rotatable bonds is 18. The van der Waals surface area contributed by atoms with E-state index in [1.165, 1.54) is 0 Å². The Hall–Kier alpha value is -5.58. The summed E-state index contributed by atoms with van der Waals surface area (Å²) in [6.07, 6.45) is 16.3. The maximum absolute atomic E-state index is 14.6. The number of nitrogens with one attached hydrogen (secondary N) is 3. The molecule has 414 valence electrons. The molecule has 2 aliphatic carbocycles. The number of amides is 4. The van der Waals surface area contributed by atoms with Crippen LogP contribution in [-0.4, -0.2) is 148 Å². The van der Waals surface area contributed by atoms with Crippen molar-refractivity contribution in [3.8, 4) is 0 Å². The van der Waals surface area contributed by atoms with E-state index in [9.17, 15) is 24.0 Å². The fourth-order valence-corrected chi connectivity index (χ4v) is 12.8. The minimum absolute atomic E-state index is 0.0120. The standard InChI is InChI=1S/C60H80ClN9O7/c1-59(2,3)77-58(75)66-60(26-34-68(35-27-60)54-50-20-28-62-53(50)63-39-64-54)51(71)19-16-41(40-14-17-47(61)18-15-40)21-29-67-30-22-48(23-31-67)76-49-24-32-69(33-25-49)57(74)52(42-8-5-4-6-9-42)65-55(72)45-11-7-10-44(36-45)46-37-70(38-46)56(73)43-12-13-43/h7,10-11,14-15,17-18,20,28,36,39,41-43,46,48-49,52H,4-6,8-9,12-13,16,19,21-27,29-35,37-38H2,1-3H3,(H,65,72)(H,66,75)(H,62,63,64)/t41-,52+/m0/s1. The number of carbonyl (C=O) groups is 5. The van der Waals surface area contributed by atoms with Crippen LogP contribution in [0.2, 0.25) is 5.02 Å². The summed E-state index contributed by atoms with van der Waals surface area (Å²) in [5, 5.41) is 7.90. The number of H-pyrrole nitrogens is 1. The second-order valence-electron chi connectivity index (χ2n) is 24.0. The molecular formula is C60H80ClN9O7. The van der Waals surface area contributed by atoms with Crippen LogP contribution >= 0.6 is 11.6 Å². The zero-order chi connectivity index (χ0) is 53.7.